The van der Waals surface area contributed by atoms with E-state index in [0.29, 0.717) is 0 Å². The zero-order valence-corrected chi connectivity index (χ0v) is 39.7. The summed E-state index contributed by atoms with van der Waals surface area (Å²) in [5.41, 5.74) is 23.5. The number of allylic oxidation sites excluding steroid dienone is 2. The molecule has 1 aliphatic heterocycles. The molecule has 3 heteroatoms. The molecule has 0 unspecified atom stereocenters. The van der Waals surface area contributed by atoms with Gasteiger partial charge in [-0.25, -0.2) is 4.70 Å². The molecule has 326 valence electrons. The third-order valence-corrected chi connectivity index (χ3v) is 12.9. The van der Waals surface area contributed by atoms with Gasteiger partial charge in [-0.3, -0.25) is 0 Å². The first kappa shape index (κ1) is 51.2. The van der Waals surface area contributed by atoms with Crippen molar-refractivity contribution in [3.63, 3.8) is 0 Å². The van der Waals surface area contributed by atoms with Crippen LogP contribution in [0.2, 0.25) is 10.8 Å². The molecule has 0 atom stereocenters. The summed E-state index contributed by atoms with van der Waals surface area (Å²) in [7, 11) is 0. The van der Waals surface area contributed by atoms with Gasteiger partial charge in [0.1, 0.15) is 0 Å². The molecule has 0 saturated carbocycles. The fraction of sp³-hybridized carbons (Fsp3) is 0.704. The Labute approximate surface area is 361 Å². The molecule has 3 rings (SSSR count). The van der Waals surface area contributed by atoms with Gasteiger partial charge >= 0.3 is 64.8 Å². The van der Waals surface area contributed by atoms with Crippen molar-refractivity contribution >= 4 is 11.4 Å². The van der Waals surface area contributed by atoms with Crippen molar-refractivity contribution in [1.82, 2.24) is 0 Å². The molecule has 0 bridgehead atoms. The van der Waals surface area contributed by atoms with Crippen molar-refractivity contribution in [3.8, 4) is 0 Å². The molecule has 0 spiro atoms. The van der Waals surface area contributed by atoms with Crippen LogP contribution >= 0.6 is 0 Å². The van der Waals surface area contributed by atoms with Crippen LogP contribution in [0.15, 0.2) is 48.0 Å². The van der Waals surface area contributed by atoms with E-state index in [-0.39, 0.29) is 0 Å². The van der Waals surface area contributed by atoms with Crippen molar-refractivity contribution < 1.29 is 19.1 Å². The number of hydrogen-bond donors (Lipinski definition) is 0. The molecule has 57 heavy (non-hydrogen) atoms. The zero-order valence-electron chi connectivity index (χ0n) is 38.7. The molecule has 1 aliphatic rings. The van der Waals surface area contributed by atoms with Gasteiger partial charge in [0.05, 0.1) is 0 Å². The summed E-state index contributed by atoms with van der Waals surface area (Å²) in [6.45, 7) is 15.9. The average Bonchev–Trinajstić information content (AvgIpc) is 3.55. The summed E-state index contributed by atoms with van der Waals surface area (Å²) in [4.78, 5) is 0. The number of unbranched alkanes of at least 4 members (excludes halogenated alkanes) is 17. The molecule has 1 heterocycles. The Hall–Kier alpha value is -1.99. The molecule has 2 aromatic rings. The molecule has 0 saturated heterocycles. The van der Waals surface area contributed by atoms with Crippen molar-refractivity contribution in [2.45, 2.75) is 245 Å². The first-order valence-corrected chi connectivity index (χ1v) is 26.0. The van der Waals surface area contributed by atoms with Crippen molar-refractivity contribution in [2.75, 3.05) is 0 Å². The number of benzene rings is 2. The summed E-state index contributed by atoms with van der Waals surface area (Å²) in [6, 6.07) is 14.5. The second kappa shape index (κ2) is 33.8. The van der Waals surface area contributed by atoms with Crippen LogP contribution in [0.5, 0.6) is 0 Å². The predicted octanol–water partition coefficient (Wildman–Crippen LogP) is 18.5. The second-order valence-corrected chi connectivity index (χ2v) is 18.5. The number of nitrogens with zero attached hydrogens (tertiary/aromatic N) is 2. The van der Waals surface area contributed by atoms with E-state index in [4.69, 9.17) is 0 Å². The van der Waals surface area contributed by atoms with E-state index >= 15 is 0 Å². The first-order valence-electron chi connectivity index (χ1n) is 24.6. The summed E-state index contributed by atoms with van der Waals surface area (Å²) in [5.74, 6) is 0. The summed E-state index contributed by atoms with van der Waals surface area (Å²) in [6.07, 6.45) is 39.0. The van der Waals surface area contributed by atoms with Crippen molar-refractivity contribution in [1.29, 1.82) is 0 Å². The Morgan fingerprint density at radius 1 is 0.386 bits per heavy atom. The van der Waals surface area contributed by atoms with Crippen LogP contribution in [0.4, 0.5) is 0 Å². The van der Waals surface area contributed by atoms with Gasteiger partial charge in [-0.05, 0) is 111 Å². The predicted molar refractivity (Wildman–Crippen MR) is 251 cm³/mol. The van der Waals surface area contributed by atoms with Crippen molar-refractivity contribution in [2.24, 2.45) is 0 Å². The fourth-order valence-electron chi connectivity index (χ4n) is 7.85. The topological polar surface area (TPSA) is 25.3 Å². The third kappa shape index (κ3) is 21.7. The Bertz CT molecular complexity index is 1390. The van der Waals surface area contributed by atoms with Crippen LogP contribution in [-0.4, -0.2) is 4.70 Å². The molecule has 2 nitrogen and oxygen atoms in total. The summed E-state index contributed by atoms with van der Waals surface area (Å²) >= 11 is 1.94. The monoisotopic (exact) mass is 825 g/mol. The first-order chi connectivity index (χ1) is 28.0. The normalized spacial score (nSPS) is 12.8. The van der Waals surface area contributed by atoms with Crippen LogP contribution < -0.4 is 0 Å². The van der Waals surface area contributed by atoms with Crippen LogP contribution in [-0.2, 0) is 40.1 Å². The van der Waals surface area contributed by atoms with Crippen LogP contribution in [0.1, 0.15) is 242 Å². The van der Waals surface area contributed by atoms with Crippen LogP contribution in [0, 0.1) is 0 Å². The van der Waals surface area contributed by atoms with Gasteiger partial charge in [0.25, 0.3) is 0 Å². The maximum atomic E-state index is 12.1. The summed E-state index contributed by atoms with van der Waals surface area (Å²) < 4.78 is 1.57. The van der Waals surface area contributed by atoms with Gasteiger partial charge < -0.3 is 5.53 Å². The van der Waals surface area contributed by atoms with E-state index in [1.165, 1.54) is 191 Å². The third-order valence-electron chi connectivity index (χ3n) is 11.5. The second-order valence-electron chi connectivity index (χ2n) is 17.0. The van der Waals surface area contributed by atoms with Gasteiger partial charge in [0.2, 0.25) is 11.4 Å². The molecule has 0 aliphatic carbocycles. The molecule has 2 aromatic carbocycles. The Morgan fingerprint density at radius 2 is 0.737 bits per heavy atom. The molecule has 0 radical (unpaired) electrons. The van der Waals surface area contributed by atoms with E-state index < -0.39 is 0 Å². The van der Waals surface area contributed by atoms with Gasteiger partial charge in [-0.15, -0.1) is 0 Å². The standard InChI is InChI=1S/C46H72N2.2C4H9.Ni/c1-6-11-16-18-20-24-28-39-31-38(26-22-13-8-3)33-43(34-39)45-37-42(30-15-10-5)46(48(45)47)44-35-40(27-23-14-9-4)32-41(36-44)29-25-21-19-17-12-7-2;2*1-3-4-2;/h31-37H,6-30H2,1-5H3;2*1,3-4H2,2H3;. The zero-order chi connectivity index (χ0) is 41.4. The van der Waals surface area contributed by atoms with Gasteiger partial charge in [-0.1, -0.05) is 143 Å². The number of hydrogen-bond acceptors (Lipinski definition) is 0. The van der Waals surface area contributed by atoms with Gasteiger partial charge in [0.15, 0.2) is 0 Å². The molecule has 0 N–H and O–H groups in total. The number of aryl methyl sites for hydroxylation is 4. The molecule has 0 aromatic heterocycles. The van der Waals surface area contributed by atoms with E-state index in [0.717, 1.165) is 56.3 Å². The summed E-state index contributed by atoms with van der Waals surface area (Å²) in [5, 5.41) is 2.78. The van der Waals surface area contributed by atoms with Crippen LogP contribution in [0.25, 0.3) is 16.9 Å². The van der Waals surface area contributed by atoms with Gasteiger partial charge in [0, 0.05) is 22.8 Å². The van der Waals surface area contributed by atoms with E-state index in [9.17, 15) is 5.53 Å². The van der Waals surface area contributed by atoms with E-state index in [1.54, 1.807) is 4.70 Å². The maximum absolute atomic E-state index is 12.1. The Balaban J connectivity index is 0.00000111. The minimum absolute atomic E-state index is 0.964. The van der Waals surface area contributed by atoms with Crippen LogP contribution in [0.3, 0.4) is 0 Å². The Morgan fingerprint density at radius 3 is 1.16 bits per heavy atom. The SMILES string of the molecule is CCCCCCCCc1cc(CCCCC)cc(C2=CC(CCCC)=C(c3cc(CCCCC)cc(CCCCCCCC)c3)[N+]2=[N-])c1.CCC[CH2][Ni][CH2]CCC. The van der Waals surface area contributed by atoms with E-state index in [1.807, 2.05) is 14.4 Å². The minimum atomic E-state index is 0.964. The molecular formula is C54H90N2Ni. The molecule has 0 amide bonds. The average molecular weight is 826 g/mol. The molecular weight excluding hydrogens is 735 g/mol. The van der Waals surface area contributed by atoms with E-state index in [2.05, 4.69) is 90.9 Å². The quantitative estimate of drug-likeness (QED) is 0.0389. The van der Waals surface area contributed by atoms with Crippen molar-refractivity contribution in [3.05, 3.63) is 87.0 Å². The fourth-order valence-corrected chi connectivity index (χ4v) is 9.29. The number of rotatable bonds is 33. The molecule has 0 fully saturated rings. The van der Waals surface area contributed by atoms with Gasteiger partial charge in [-0.2, -0.15) is 0 Å². The Kier molecular flexibility index (Phi) is 30.3.